The number of alkyl halides is 2. The van der Waals surface area contributed by atoms with Gasteiger partial charge in [0.2, 0.25) is 5.95 Å². The van der Waals surface area contributed by atoms with Crippen LogP contribution in [0, 0.1) is 12.3 Å². The molecule has 0 unspecified atom stereocenters. The number of benzene rings is 1. The number of ether oxygens (including phenoxy) is 1. The lowest BCUT2D eigenvalue weighted by Gasteiger charge is -2.37. The number of anilines is 1. The van der Waals surface area contributed by atoms with Crippen molar-refractivity contribution in [1.82, 2.24) is 19.4 Å². The molecule has 0 spiro atoms. The van der Waals surface area contributed by atoms with Gasteiger partial charge in [0.25, 0.3) is 0 Å². The Bertz CT molecular complexity index is 1440. The maximum Gasteiger partial charge on any atom is 0.387 e. The van der Waals surface area contributed by atoms with Crippen LogP contribution in [0.25, 0.3) is 16.8 Å². The molecule has 1 aliphatic heterocycles. The Morgan fingerprint density at radius 2 is 1.92 bits per heavy atom. The number of carboxylic acids is 1. The van der Waals surface area contributed by atoms with Crippen LogP contribution in [0.5, 0.6) is 5.75 Å². The van der Waals surface area contributed by atoms with E-state index in [2.05, 4.69) is 15.0 Å². The van der Waals surface area contributed by atoms with Gasteiger partial charge in [-0.05, 0) is 44.9 Å². The van der Waals surface area contributed by atoms with E-state index < -0.39 is 18.0 Å². The largest absolute Gasteiger partial charge is 0.481 e. The van der Waals surface area contributed by atoms with Gasteiger partial charge in [0.1, 0.15) is 11.4 Å². The number of aliphatic carboxylic acids is 1. The Hall–Kier alpha value is -4.08. The molecule has 1 N–H and O–H groups in total. The molecule has 4 heterocycles. The van der Waals surface area contributed by atoms with Crippen LogP contribution in [0.3, 0.4) is 0 Å². The van der Waals surface area contributed by atoms with Crippen molar-refractivity contribution in [2.75, 3.05) is 18.0 Å². The summed E-state index contributed by atoms with van der Waals surface area (Å²) in [6.45, 7) is 1.82. The van der Waals surface area contributed by atoms with Crippen LogP contribution < -0.4 is 9.64 Å². The first-order valence-corrected chi connectivity index (χ1v) is 12.0. The minimum absolute atomic E-state index is 0.142. The molecule has 1 aliphatic rings. The standard InChI is InChI=1S/C27H27F2N5O3/c1-17-21(12-18-6-3-4-7-22(18)37-25(28)29)34-15-19(8-9-23(34)32-17)20-13-30-26(31-14-20)33-11-5-10-27(2,16-33)24(35)36/h3-4,6-9,13-15,25H,5,10-12,16H2,1-2H3,(H,35,36)/t27-/m0/s1. The molecule has 3 aromatic heterocycles. The number of pyridine rings is 1. The van der Waals surface area contributed by atoms with Crippen LogP contribution in [-0.4, -0.2) is 50.1 Å². The molecule has 10 heteroatoms. The molecule has 0 saturated carbocycles. The van der Waals surface area contributed by atoms with Crippen molar-refractivity contribution < 1.29 is 23.4 Å². The Morgan fingerprint density at radius 1 is 1.16 bits per heavy atom. The normalized spacial score (nSPS) is 17.9. The summed E-state index contributed by atoms with van der Waals surface area (Å²) in [4.78, 5) is 27.3. The first-order valence-electron chi connectivity index (χ1n) is 12.0. The van der Waals surface area contributed by atoms with Gasteiger partial charge in [-0.1, -0.05) is 18.2 Å². The Balaban J connectivity index is 1.43. The Kier molecular flexibility index (Phi) is 6.49. The average molecular weight is 508 g/mol. The molecule has 37 heavy (non-hydrogen) atoms. The molecule has 0 bridgehead atoms. The average Bonchev–Trinajstić information content (AvgIpc) is 3.19. The summed E-state index contributed by atoms with van der Waals surface area (Å²) in [5.41, 5.74) is 3.87. The summed E-state index contributed by atoms with van der Waals surface area (Å²) in [6.07, 6.45) is 7.14. The molecule has 1 atom stereocenters. The molecule has 5 rings (SSSR count). The van der Waals surface area contributed by atoms with E-state index in [1.54, 1.807) is 37.5 Å². The number of fused-ring (bicyclic) bond motifs is 1. The summed E-state index contributed by atoms with van der Waals surface area (Å²) in [5, 5.41) is 9.60. The smallest absolute Gasteiger partial charge is 0.387 e. The number of para-hydroxylation sites is 1. The number of imidazole rings is 1. The summed E-state index contributed by atoms with van der Waals surface area (Å²) in [5.74, 6) is -0.160. The SMILES string of the molecule is Cc1nc2ccc(-c3cnc(N4CCC[C@](C)(C(=O)O)C4)nc3)cn2c1Cc1ccccc1OC(F)F. The van der Waals surface area contributed by atoms with E-state index >= 15 is 0 Å². The lowest BCUT2D eigenvalue weighted by atomic mass is 9.82. The van der Waals surface area contributed by atoms with Gasteiger partial charge in [-0.2, -0.15) is 8.78 Å². The fraction of sp³-hybridized carbons (Fsp3) is 0.333. The number of hydrogen-bond donors (Lipinski definition) is 1. The summed E-state index contributed by atoms with van der Waals surface area (Å²) in [6, 6.07) is 10.6. The van der Waals surface area contributed by atoms with Crippen LogP contribution in [0.4, 0.5) is 14.7 Å². The van der Waals surface area contributed by atoms with E-state index in [-0.39, 0.29) is 5.75 Å². The van der Waals surface area contributed by atoms with Crippen molar-refractivity contribution in [2.45, 2.75) is 39.7 Å². The maximum absolute atomic E-state index is 12.9. The molecular weight excluding hydrogens is 480 g/mol. The molecule has 0 aliphatic carbocycles. The fourth-order valence-corrected chi connectivity index (χ4v) is 4.85. The molecule has 0 amide bonds. The third kappa shape index (κ3) is 4.96. The summed E-state index contributed by atoms with van der Waals surface area (Å²) >= 11 is 0. The minimum atomic E-state index is -2.90. The second kappa shape index (κ2) is 9.76. The minimum Gasteiger partial charge on any atom is -0.481 e. The van der Waals surface area contributed by atoms with Gasteiger partial charge in [0, 0.05) is 60.5 Å². The molecule has 1 aromatic carbocycles. The molecule has 4 aromatic rings. The van der Waals surface area contributed by atoms with Gasteiger partial charge >= 0.3 is 12.6 Å². The highest BCUT2D eigenvalue weighted by Gasteiger charge is 2.38. The van der Waals surface area contributed by atoms with Crippen LogP contribution in [-0.2, 0) is 11.2 Å². The van der Waals surface area contributed by atoms with Crippen molar-refractivity contribution in [2.24, 2.45) is 5.41 Å². The van der Waals surface area contributed by atoms with Crippen LogP contribution >= 0.6 is 0 Å². The van der Waals surface area contributed by atoms with Crippen molar-refractivity contribution >= 4 is 17.6 Å². The van der Waals surface area contributed by atoms with E-state index in [1.807, 2.05) is 34.6 Å². The highest BCUT2D eigenvalue weighted by Crippen LogP contribution is 2.32. The van der Waals surface area contributed by atoms with Crippen molar-refractivity contribution in [3.05, 3.63) is 71.9 Å². The van der Waals surface area contributed by atoms with Gasteiger partial charge in [-0.3, -0.25) is 4.79 Å². The maximum atomic E-state index is 12.9. The Labute approximate surface area is 212 Å². The first kappa shape index (κ1) is 24.6. The monoisotopic (exact) mass is 507 g/mol. The van der Waals surface area contributed by atoms with Crippen LogP contribution in [0.15, 0.2) is 55.0 Å². The lowest BCUT2D eigenvalue weighted by molar-refractivity contribution is -0.148. The summed E-state index contributed by atoms with van der Waals surface area (Å²) in [7, 11) is 0. The summed E-state index contributed by atoms with van der Waals surface area (Å²) < 4.78 is 32.4. The van der Waals surface area contributed by atoms with Gasteiger partial charge < -0.3 is 19.1 Å². The molecule has 192 valence electrons. The topological polar surface area (TPSA) is 92.9 Å². The zero-order chi connectivity index (χ0) is 26.2. The van der Waals surface area contributed by atoms with Crippen LogP contribution in [0.2, 0.25) is 0 Å². The zero-order valence-electron chi connectivity index (χ0n) is 20.6. The zero-order valence-corrected chi connectivity index (χ0v) is 20.6. The molecule has 1 saturated heterocycles. The number of rotatable bonds is 7. The van der Waals surface area contributed by atoms with Gasteiger partial charge in [-0.15, -0.1) is 0 Å². The van der Waals surface area contributed by atoms with Crippen LogP contribution in [0.1, 0.15) is 36.7 Å². The van der Waals surface area contributed by atoms with E-state index in [0.29, 0.717) is 37.4 Å². The number of aryl methyl sites for hydroxylation is 1. The quantitative estimate of drug-likeness (QED) is 0.377. The number of halogens is 2. The number of piperidine rings is 1. The van der Waals surface area contributed by atoms with Gasteiger partial charge in [0.15, 0.2) is 0 Å². The molecular formula is C27H27F2N5O3. The number of nitrogens with zero attached hydrogens (tertiary/aromatic N) is 5. The third-order valence-electron chi connectivity index (χ3n) is 6.93. The Morgan fingerprint density at radius 3 is 2.65 bits per heavy atom. The third-order valence-corrected chi connectivity index (χ3v) is 6.93. The van der Waals surface area contributed by atoms with Crippen molar-refractivity contribution in [1.29, 1.82) is 0 Å². The lowest BCUT2D eigenvalue weighted by Crippen LogP contribution is -2.46. The van der Waals surface area contributed by atoms with Gasteiger partial charge in [-0.25, -0.2) is 15.0 Å². The van der Waals surface area contributed by atoms with E-state index in [9.17, 15) is 18.7 Å². The second-order valence-electron chi connectivity index (χ2n) is 9.62. The number of aromatic nitrogens is 4. The molecule has 1 fully saturated rings. The molecule has 8 nitrogen and oxygen atoms in total. The predicted molar refractivity (Wildman–Crippen MR) is 134 cm³/mol. The van der Waals surface area contributed by atoms with Gasteiger partial charge in [0.05, 0.1) is 11.1 Å². The number of carbonyl (C=O) groups is 1. The number of hydrogen-bond acceptors (Lipinski definition) is 6. The number of carboxylic acid groups (broad SMARTS) is 1. The first-order chi connectivity index (χ1) is 17.7. The van der Waals surface area contributed by atoms with E-state index in [0.717, 1.165) is 34.6 Å². The fourth-order valence-electron chi connectivity index (χ4n) is 4.85. The highest BCUT2D eigenvalue weighted by atomic mass is 19.3. The predicted octanol–water partition coefficient (Wildman–Crippen LogP) is 4.98. The van der Waals surface area contributed by atoms with Crippen molar-refractivity contribution in [3.8, 4) is 16.9 Å². The van der Waals surface area contributed by atoms with E-state index in [4.69, 9.17) is 4.74 Å². The van der Waals surface area contributed by atoms with E-state index in [1.165, 1.54) is 6.07 Å². The second-order valence-corrected chi connectivity index (χ2v) is 9.62. The molecule has 0 radical (unpaired) electrons. The highest BCUT2D eigenvalue weighted by molar-refractivity contribution is 5.75. The van der Waals surface area contributed by atoms with Crippen molar-refractivity contribution in [3.63, 3.8) is 0 Å².